The number of nitrogens with one attached hydrogen (secondary N) is 2. The molecular weight excluding hydrogens is 539 g/mol. The van der Waals surface area contributed by atoms with Crippen molar-refractivity contribution in [2.45, 2.75) is 31.6 Å². The van der Waals surface area contributed by atoms with Gasteiger partial charge in [0, 0.05) is 5.92 Å². The Balaban J connectivity index is 1.30. The van der Waals surface area contributed by atoms with E-state index in [-0.39, 0.29) is 30.4 Å². The zero-order chi connectivity index (χ0) is 29.6. The number of alkyl carbamates (subject to hydrolysis) is 1. The van der Waals surface area contributed by atoms with E-state index in [1.807, 2.05) is 78.9 Å². The molecule has 0 heterocycles. The Morgan fingerprint density at radius 3 is 2.12 bits per heavy atom. The van der Waals surface area contributed by atoms with Crippen LogP contribution in [0, 0.1) is 5.82 Å². The number of benzene rings is 4. The predicted molar refractivity (Wildman–Crippen MR) is 155 cm³/mol. The summed E-state index contributed by atoms with van der Waals surface area (Å²) in [4.78, 5) is 37.5. The summed E-state index contributed by atoms with van der Waals surface area (Å²) >= 11 is 0. The van der Waals surface area contributed by atoms with Crippen LogP contribution >= 0.6 is 0 Å². The molecule has 0 spiro atoms. The maximum Gasteiger partial charge on any atom is 0.407 e. The monoisotopic (exact) mass is 568 g/mol. The molecule has 3 N–H and O–H groups in total. The number of carbonyl (C=O) groups excluding carboxylic acids is 2. The quantitative estimate of drug-likeness (QED) is 0.217. The number of ether oxygens (including phenoxy) is 2. The van der Waals surface area contributed by atoms with Crippen LogP contribution in [-0.2, 0) is 20.9 Å². The molecule has 0 saturated heterocycles. The first-order valence-corrected chi connectivity index (χ1v) is 13.4. The second kappa shape index (κ2) is 12.7. The summed E-state index contributed by atoms with van der Waals surface area (Å²) in [6.45, 7) is 1.82. The minimum Gasteiger partial charge on any atom is -0.478 e. The molecule has 2 atom stereocenters. The van der Waals surface area contributed by atoms with Crippen LogP contribution in [0.2, 0.25) is 0 Å². The van der Waals surface area contributed by atoms with E-state index in [0.29, 0.717) is 0 Å². The number of carboxylic acid groups (broad SMARTS) is 1. The first-order chi connectivity index (χ1) is 20.3. The number of aromatic carboxylic acids is 1. The van der Waals surface area contributed by atoms with Crippen molar-refractivity contribution in [2.24, 2.45) is 0 Å². The minimum atomic E-state index is -1.30. The van der Waals surface area contributed by atoms with Gasteiger partial charge in [0.05, 0.1) is 24.0 Å². The van der Waals surface area contributed by atoms with Crippen molar-refractivity contribution in [3.8, 4) is 11.1 Å². The largest absolute Gasteiger partial charge is 0.478 e. The Morgan fingerprint density at radius 2 is 1.50 bits per heavy atom. The van der Waals surface area contributed by atoms with Crippen molar-refractivity contribution in [3.63, 3.8) is 0 Å². The molecule has 214 valence electrons. The molecule has 0 bridgehead atoms. The Morgan fingerprint density at radius 1 is 0.881 bits per heavy atom. The first-order valence-electron chi connectivity index (χ1n) is 13.4. The molecule has 9 heteroatoms. The van der Waals surface area contributed by atoms with Gasteiger partial charge in [-0.15, -0.1) is 0 Å². The van der Waals surface area contributed by atoms with Crippen molar-refractivity contribution < 1.29 is 33.4 Å². The smallest absolute Gasteiger partial charge is 0.407 e. The fraction of sp³-hybridized carbons (Fsp3) is 0.182. The standard InChI is InChI=1S/C33H29FN2O6/c1-20(41-18-21-9-3-2-4-10-21)30(31(37)35-29-16-15-22(32(38)39)17-28(29)34)36-33(40)42-19-27-25-13-7-5-11-23(25)24-12-6-8-14-26(24)27/h2-17,20,27,30H,18-19H2,1H3,(H,35,37)(H,36,40)(H,38,39). The van der Waals surface area contributed by atoms with E-state index >= 15 is 0 Å². The lowest BCUT2D eigenvalue weighted by Crippen LogP contribution is -2.51. The highest BCUT2D eigenvalue weighted by Gasteiger charge is 2.32. The van der Waals surface area contributed by atoms with E-state index in [1.54, 1.807) is 6.92 Å². The van der Waals surface area contributed by atoms with Gasteiger partial charge in [0.2, 0.25) is 5.91 Å². The summed E-state index contributed by atoms with van der Waals surface area (Å²) in [6, 6.07) is 27.0. The minimum absolute atomic E-state index is 0.0404. The van der Waals surface area contributed by atoms with Crippen molar-refractivity contribution in [3.05, 3.63) is 125 Å². The van der Waals surface area contributed by atoms with Crippen LogP contribution in [-0.4, -0.2) is 41.8 Å². The highest BCUT2D eigenvalue weighted by molar-refractivity contribution is 5.97. The Labute approximate surface area is 242 Å². The number of hydrogen-bond donors (Lipinski definition) is 3. The third kappa shape index (κ3) is 6.31. The fourth-order valence-electron chi connectivity index (χ4n) is 5.02. The van der Waals surface area contributed by atoms with Gasteiger partial charge >= 0.3 is 12.1 Å². The van der Waals surface area contributed by atoms with Gasteiger partial charge in [0.25, 0.3) is 0 Å². The summed E-state index contributed by atoms with van der Waals surface area (Å²) in [6.07, 6.45) is -1.68. The molecule has 0 aliphatic heterocycles. The van der Waals surface area contributed by atoms with Gasteiger partial charge < -0.3 is 25.2 Å². The van der Waals surface area contributed by atoms with Crippen LogP contribution in [0.15, 0.2) is 97.1 Å². The molecule has 5 rings (SSSR count). The number of halogens is 1. The SMILES string of the molecule is CC(OCc1ccccc1)C(NC(=O)OCC1c2ccccc2-c2ccccc21)C(=O)Nc1ccc(C(=O)O)cc1F. The van der Waals surface area contributed by atoms with Gasteiger partial charge in [-0.25, -0.2) is 14.0 Å². The number of anilines is 1. The summed E-state index contributed by atoms with van der Waals surface area (Å²) in [5, 5.41) is 14.1. The molecule has 1 aliphatic rings. The van der Waals surface area contributed by atoms with E-state index < -0.39 is 35.9 Å². The first kappa shape index (κ1) is 28.5. The van der Waals surface area contributed by atoms with Gasteiger partial charge in [-0.2, -0.15) is 0 Å². The lowest BCUT2D eigenvalue weighted by atomic mass is 9.98. The number of amides is 2. The number of rotatable bonds is 10. The third-order valence-corrected chi connectivity index (χ3v) is 7.20. The Hall–Kier alpha value is -5.02. The van der Waals surface area contributed by atoms with Crippen LogP contribution in [0.4, 0.5) is 14.9 Å². The molecular formula is C33H29FN2O6. The molecule has 42 heavy (non-hydrogen) atoms. The summed E-state index contributed by atoms with van der Waals surface area (Å²) in [5.41, 5.74) is 4.61. The molecule has 4 aromatic rings. The maximum atomic E-state index is 14.6. The number of fused-ring (bicyclic) bond motifs is 3. The van der Waals surface area contributed by atoms with Crippen LogP contribution in [0.1, 0.15) is 39.9 Å². The molecule has 8 nitrogen and oxygen atoms in total. The van der Waals surface area contributed by atoms with Crippen LogP contribution in [0.25, 0.3) is 11.1 Å². The molecule has 0 saturated carbocycles. The molecule has 0 fully saturated rings. The van der Waals surface area contributed by atoms with E-state index in [4.69, 9.17) is 14.6 Å². The molecule has 0 radical (unpaired) electrons. The fourth-order valence-corrected chi connectivity index (χ4v) is 5.02. The summed E-state index contributed by atoms with van der Waals surface area (Å²) < 4.78 is 26.1. The predicted octanol–water partition coefficient (Wildman–Crippen LogP) is 5.98. The van der Waals surface area contributed by atoms with Crippen molar-refractivity contribution in [1.29, 1.82) is 0 Å². The number of carboxylic acids is 1. The van der Waals surface area contributed by atoms with Gasteiger partial charge in [-0.1, -0.05) is 78.9 Å². The highest BCUT2D eigenvalue weighted by atomic mass is 19.1. The molecule has 4 aromatic carbocycles. The average Bonchev–Trinajstić information content (AvgIpc) is 3.32. The molecule has 1 aliphatic carbocycles. The van der Waals surface area contributed by atoms with Gasteiger partial charge in [0.1, 0.15) is 18.5 Å². The van der Waals surface area contributed by atoms with E-state index in [1.165, 1.54) is 6.07 Å². The normalized spacial score (nSPS) is 13.4. The van der Waals surface area contributed by atoms with E-state index in [2.05, 4.69) is 10.6 Å². The van der Waals surface area contributed by atoms with E-state index in [0.717, 1.165) is 39.9 Å². The summed E-state index contributed by atoms with van der Waals surface area (Å²) in [7, 11) is 0. The molecule has 2 amide bonds. The zero-order valence-corrected chi connectivity index (χ0v) is 22.8. The van der Waals surface area contributed by atoms with Gasteiger partial charge in [-0.3, -0.25) is 4.79 Å². The average molecular weight is 569 g/mol. The number of carbonyl (C=O) groups is 3. The second-order valence-electron chi connectivity index (χ2n) is 9.94. The van der Waals surface area contributed by atoms with Crippen molar-refractivity contribution >= 4 is 23.7 Å². The third-order valence-electron chi connectivity index (χ3n) is 7.20. The lowest BCUT2D eigenvalue weighted by Gasteiger charge is -2.25. The molecule has 2 unspecified atom stereocenters. The van der Waals surface area contributed by atoms with Crippen LogP contribution in [0.3, 0.4) is 0 Å². The Kier molecular flexibility index (Phi) is 8.59. The Bertz CT molecular complexity index is 1560. The second-order valence-corrected chi connectivity index (χ2v) is 9.94. The van der Waals surface area contributed by atoms with Crippen LogP contribution < -0.4 is 10.6 Å². The van der Waals surface area contributed by atoms with Crippen molar-refractivity contribution in [1.82, 2.24) is 5.32 Å². The van der Waals surface area contributed by atoms with Gasteiger partial charge in [0.15, 0.2) is 0 Å². The zero-order valence-electron chi connectivity index (χ0n) is 22.8. The lowest BCUT2D eigenvalue weighted by molar-refractivity contribution is -0.122. The topological polar surface area (TPSA) is 114 Å². The van der Waals surface area contributed by atoms with Crippen LogP contribution in [0.5, 0.6) is 0 Å². The van der Waals surface area contributed by atoms with Gasteiger partial charge in [-0.05, 0) is 52.9 Å². The molecule has 0 aromatic heterocycles. The maximum absolute atomic E-state index is 14.6. The van der Waals surface area contributed by atoms with Crippen molar-refractivity contribution in [2.75, 3.05) is 11.9 Å². The van der Waals surface area contributed by atoms with E-state index in [9.17, 15) is 18.8 Å². The number of hydrogen-bond acceptors (Lipinski definition) is 5. The highest BCUT2D eigenvalue weighted by Crippen LogP contribution is 2.44. The summed E-state index contributed by atoms with van der Waals surface area (Å²) in [5.74, 6) is -3.17.